The number of hydrogen-bond donors (Lipinski definition) is 2. The van der Waals surface area contributed by atoms with Crippen molar-refractivity contribution >= 4 is 5.91 Å². The first-order valence-corrected chi connectivity index (χ1v) is 7.12. The molecule has 110 valence electrons. The van der Waals surface area contributed by atoms with Crippen molar-refractivity contribution in [3.05, 3.63) is 35.6 Å². The van der Waals surface area contributed by atoms with Crippen LogP contribution in [0, 0.1) is 5.82 Å². The maximum Gasteiger partial charge on any atom is 0.234 e. The SMILES string of the molecule is N[C@@H]1CCCN(CC(=O)NCCc2ccc(F)cc2)C1. The third-order valence-corrected chi connectivity index (χ3v) is 3.56. The van der Waals surface area contributed by atoms with Crippen molar-refractivity contribution in [3.8, 4) is 0 Å². The van der Waals surface area contributed by atoms with E-state index in [0.717, 1.165) is 31.5 Å². The Morgan fingerprint density at radius 2 is 2.15 bits per heavy atom. The topological polar surface area (TPSA) is 58.4 Å². The summed E-state index contributed by atoms with van der Waals surface area (Å²) in [6.45, 7) is 2.73. The van der Waals surface area contributed by atoms with Crippen LogP contribution in [0.15, 0.2) is 24.3 Å². The molecule has 3 N–H and O–H groups in total. The lowest BCUT2D eigenvalue weighted by Gasteiger charge is -2.29. The van der Waals surface area contributed by atoms with Gasteiger partial charge in [0.15, 0.2) is 0 Å². The van der Waals surface area contributed by atoms with Gasteiger partial charge in [-0.3, -0.25) is 9.69 Å². The van der Waals surface area contributed by atoms with E-state index in [0.29, 0.717) is 19.5 Å². The molecule has 0 saturated carbocycles. The lowest BCUT2D eigenvalue weighted by atomic mass is 10.1. The summed E-state index contributed by atoms with van der Waals surface area (Å²) < 4.78 is 12.7. The molecule has 1 atom stereocenters. The highest BCUT2D eigenvalue weighted by Crippen LogP contribution is 2.07. The average Bonchev–Trinajstić information content (AvgIpc) is 2.41. The molecule has 0 bridgehead atoms. The fourth-order valence-corrected chi connectivity index (χ4v) is 2.49. The van der Waals surface area contributed by atoms with Crippen LogP contribution in [0.3, 0.4) is 0 Å². The Morgan fingerprint density at radius 3 is 2.85 bits per heavy atom. The van der Waals surface area contributed by atoms with Crippen LogP contribution in [0.5, 0.6) is 0 Å². The monoisotopic (exact) mass is 279 g/mol. The number of carbonyl (C=O) groups is 1. The van der Waals surface area contributed by atoms with Crippen LogP contribution in [0.1, 0.15) is 18.4 Å². The summed E-state index contributed by atoms with van der Waals surface area (Å²) in [6.07, 6.45) is 2.82. The van der Waals surface area contributed by atoms with Crippen LogP contribution in [-0.4, -0.2) is 43.0 Å². The molecule has 20 heavy (non-hydrogen) atoms. The van der Waals surface area contributed by atoms with Crippen LogP contribution in [0.4, 0.5) is 4.39 Å². The van der Waals surface area contributed by atoms with Gasteiger partial charge >= 0.3 is 0 Å². The van der Waals surface area contributed by atoms with E-state index in [1.54, 1.807) is 12.1 Å². The second-order valence-electron chi connectivity index (χ2n) is 5.36. The van der Waals surface area contributed by atoms with Crippen molar-refractivity contribution in [1.29, 1.82) is 0 Å². The Labute approximate surface area is 119 Å². The molecule has 1 aromatic carbocycles. The zero-order valence-corrected chi connectivity index (χ0v) is 11.6. The van der Waals surface area contributed by atoms with Gasteiger partial charge in [0.25, 0.3) is 0 Å². The van der Waals surface area contributed by atoms with Crippen molar-refractivity contribution < 1.29 is 9.18 Å². The predicted molar refractivity (Wildman–Crippen MR) is 76.8 cm³/mol. The normalized spacial score (nSPS) is 19.8. The number of amides is 1. The van der Waals surface area contributed by atoms with Gasteiger partial charge in [-0.25, -0.2) is 4.39 Å². The van der Waals surface area contributed by atoms with E-state index in [-0.39, 0.29) is 17.8 Å². The summed E-state index contributed by atoms with van der Waals surface area (Å²) in [5.41, 5.74) is 6.91. The molecule has 1 amide bonds. The molecule has 0 aliphatic carbocycles. The quantitative estimate of drug-likeness (QED) is 0.842. The van der Waals surface area contributed by atoms with Gasteiger partial charge in [-0.1, -0.05) is 12.1 Å². The van der Waals surface area contributed by atoms with E-state index in [9.17, 15) is 9.18 Å². The highest BCUT2D eigenvalue weighted by atomic mass is 19.1. The molecular weight excluding hydrogens is 257 g/mol. The van der Waals surface area contributed by atoms with Crippen LogP contribution >= 0.6 is 0 Å². The maximum absolute atomic E-state index is 12.7. The van der Waals surface area contributed by atoms with Crippen LogP contribution in [0.25, 0.3) is 0 Å². The third-order valence-electron chi connectivity index (χ3n) is 3.56. The number of likely N-dealkylation sites (tertiary alicyclic amines) is 1. The first kappa shape index (κ1) is 14.9. The minimum atomic E-state index is -0.237. The molecule has 4 nitrogen and oxygen atoms in total. The van der Waals surface area contributed by atoms with E-state index in [1.807, 2.05) is 0 Å². The van der Waals surface area contributed by atoms with Gasteiger partial charge in [0.1, 0.15) is 5.82 Å². The molecule has 0 aromatic heterocycles. The number of nitrogens with two attached hydrogens (primary N) is 1. The Bertz CT molecular complexity index is 435. The summed E-state index contributed by atoms with van der Waals surface area (Å²) >= 11 is 0. The van der Waals surface area contributed by atoms with E-state index in [4.69, 9.17) is 5.73 Å². The standard InChI is InChI=1S/C15H22FN3O/c16-13-5-3-12(4-6-13)7-8-18-15(20)11-19-9-1-2-14(17)10-19/h3-6,14H,1-2,7-11,17H2,(H,18,20)/t14-/m1/s1. The van der Waals surface area contributed by atoms with Crippen molar-refractivity contribution in [1.82, 2.24) is 10.2 Å². The van der Waals surface area contributed by atoms with Gasteiger partial charge < -0.3 is 11.1 Å². The Morgan fingerprint density at radius 1 is 1.40 bits per heavy atom. The van der Waals surface area contributed by atoms with Gasteiger partial charge in [-0.15, -0.1) is 0 Å². The van der Waals surface area contributed by atoms with Gasteiger partial charge in [0.2, 0.25) is 5.91 Å². The summed E-state index contributed by atoms with van der Waals surface area (Å²) in [6, 6.07) is 6.55. The summed E-state index contributed by atoms with van der Waals surface area (Å²) in [5.74, 6) is -0.208. The number of piperidine rings is 1. The molecule has 1 fully saturated rings. The van der Waals surface area contributed by atoms with E-state index >= 15 is 0 Å². The lowest BCUT2D eigenvalue weighted by Crippen LogP contribution is -2.47. The molecular formula is C15H22FN3O. The minimum absolute atomic E-state index is 0.0289. The second kappa shape index (κ2) is 7.36. The smallest absolute Gasteiger partial charge is 0.234 e. The number of rotatable bonds is 5. The molecule has 0 spiro atoms. The number of hydrogen-bond acceptors (Lipinski definition) is 3. The molecule has 1 heterocycles. The number of benzene rings is 1. The average molecular weight is 279 g/mol. The highest BCUT2D eigenvalue weighted by Gasteiger charge is 2.18. The number of nitrogens with one attached hydrogen (secondary N) is 1. The molecule has 1 aliphatic rings. The van der Waals surface area contributed by atoms with Gasteiger partial charge in [0, 0.05) is 19.1 Å². The van der Waals surface area contributed by atoms with Crippen molar-refractivity contribution in [3.63, 3.8) is 0 Å². The molecule has 0 unspecified atom stereocenters. The Kier molecular flexibility index (Phi) is 5.49. The molecule has 1 aliphatic heterocycles. The fourth-order valence-electron chi connectivity index (χ4n) is 2.49. The third kappa shape index (κ3) is 4.90. The van der Waals surface area contributed by atoms with Crippen molar-refractivity contribution in [2.45, 2.75) is 25.3 Å². The first-order valence-electron chi connectivity index (χ1n) is 7.12. The molecule has 1 saturated heterocycles. The van der Waals surface area contributed by atoms with E-state index < -0.39 is 0 Å². The van der Waals surface area contributed by atoms with Gasteiger partial charge in [0.05, 0.1) is 6.54 Å². The van der Waals surface area contributed by atoms with Crippen molar-refractivity contribution in [2.24, 2.45) is 5.73 Å². The van der Waals surface area contributed by atoms with Gasteiger partial charge in [-0.2, -0.15) is 0 Å². The maximum atomic E-state index is 12.7. The van der Waals surface area contributed by atoms with Gasteiger partial charge in [-0.05, 0) is 43.5 Å². The zero-order chi connectivity index (χ0) is 14.4. The first-order chi connectivity index (χ1) is 9.63. The highest BCUT2D eigenvalue weighted by molar-refractivity contribution is 5.78. The van der Waals surface area contributed by atoms with Crippen LogP contribution < -0.4 is 11.1 Å². The number of halogens is 1. The van der Waals surface area contributed by atoms with Crippen molar-refractivity contribution in [2.75, 3.05) is 26.2 Å². The predicted octanol–water partition coefficient (Wildman–Crippen LogP) is 0.908. The molecule has 0 radical (unpaired) electrons. The minimum Gasteiger partial charge on any atom is -0.355 e. The Hall–Kier alpha value is -1.46. The summed E-state index contributed by atoms with van der Waals surface area (Å²) in [5, 5.41) is 2.89. The summed E-state index contributed by atoms with van der Waals surface area (Å²) in [7, 11) is 0. The van der Waals surface area contributed by atoms with E-state index in [2.05, 4.69) is 10.2 Å². The van der Waals surface area contributed by atoms with E-state index in [1.165, 1.54) is 12.1 Å². The number of carbonyl (C=O) groups excluding carboxylic acids is 1. The molecule has 5 heteroatoms. The summed E-state index contributed by atoms with van der Waals surface area (Å²) in [4.78, 5) is 13.9. The fraction of sp³-hybridized carbons (Fsp3) is 0.533. The lowest BCUT2D eigenvalue weighted by molar-refractivity contribution is -0.122. The van der Waals surface area contributed by atoms with Crippen LogP contribution in [0.2, 0.25) is 0 Å². The van der Waals surface area contributed by atoms with Crippen LogP contribution in [-0.2, 0) is 11.2 Å². The largest absolute Gasteiger partial charge is 0.355 e. The zero-order valence-electron chi connectivity index (χ0n) is 11.6. The second-order valence-corrected chi connectivity index (χ2v) is 5.36. The molecule has 1 aromatic rings. The molecule has 2 rings (SSSR count). The number of nitrogens with zero attached hydrogens (tertiary/aromatic N) is 1. The Balaban J connectivity index is 1.66.